The van der Waals surface area contributed by atoms with Crippen molar-refractivity contribution in [1.82, 2.24) is 14.2 Å². The summed E-state index contributed by atoms with van der Waals surface area (Å²) < 4.78 is 28.4. The number of piperidine rings is 1. The second kappa shape index (κ2) is 7.72. The van der Waals surface area contributed by atoms with E-state index in [9.17, 15) is 13.2 Å². The molecule has 0 spiro atoms. The highest BCUT2D eigenvalue weighted by atomic mass is 32.2. The van der Waals surface area contributed by atoms with Crippen molar-refractivity contribution in [1.29, 1.82) is 0 Å². The summed E-state index contributed by atoms with van der Waals surface area (Å²) in [4.78, 5) is 13.8. The number of rotatable bonds is 6. The lowest BCUT2D eigenvalue weighted by atomic mass is 9.97. The first-order chi connectivity index (χ1) is 12.0. The van der Waals surface area contributed by atoms with Crippen LogP contribution in [-0.2, 0) is 28.3 Å². The normalized spacial score (nSPS) is 16.8. The van der Waals surface area contributed by atoms with E-state index in [1.54, 1.807) is 41.4 Å². The van der Waals surface area contributed by atoms with Crippen LogP contribution in [-0.4, -0.2) is 42.8 Å². The van der Waals surface area contributed by atoms with Gasteiger partial charge in [0.05, 0.1) is 4.90 Å². The molecule has 1 aliphatic rings. The zero-order valence-corrected chi connectivity index (χ0v) is 15.9. The van der Waals surface area contributed by atoms with Gasteiger partial charge in [0, 0.05) is 49.9 Å². The molecular formula is C17H23N3O3S2. The second-order valence-corrected chi connectivity index (χ2v) is 9.28. The van der Waals surface area contributed by atoms with Crippen LogP contribution in [0, 0.1) is 5.92 Å². The van der Waals surface area contributed by atoms with Gasteiger partial charge in [-0.2, -0.15) is 4.31 Å². The van der Waals surface area contributed by atoms with Gasteiger partial charge in [0.25, 0.3) is 0 Å². The molecule has 1 N–H and O–H groups in total. The van der Waals surface area contributed by atoms with E-state index in [1.165, 1.54) is 9.18 Å². The Bertz CT molecular complexity index is 804. The minimum absolute atomic E-state index is 0.0355. The molecule has 3 heterocycles. The van der Waals surface area contributed by atoms with Crippen molar-refractivity contribution in [3.8, 4) is 0 Å². The monoisotopic (exact) mass is 381 g/mol. The van der Waals surface area contributed by atoms with Gasteiger partial charge in [0.1, 0.15) is 0 Å². The van der Waals surface area contributed by atoms with Crippen LogP contribution in [0.5, 0.6) is 0 Å². The first-order valence-corrected chi connectivity index (χ1v) is 10.7. The quantitative estimate of drug-likeness (QED) is 0.830. The average molecular weight is 382 g/mol. The summed E-state index contributed by atoms with van der Waals surface area (Å²) in [6.45, 7) is 1.41. The zero-order chi connectivity index (χ0) is 17.9. The second-order valence-electron chi connectivity index (χ2n) is 6.31. The van der Waals surface area contributed by atoms with E-state index in [1.807, 2.05) is 11.4 Å². The third-order valence-electron chi connectivity index (χ3n) is 4.52. The van der Waals surface area contributed by atoms with Gasteiger partial charge < -0.3 is 9.88 Å². The predicted molar refractivity (Wildman–Crippen MR) is 97.9 cm³/mol. The molecule has 2 aromatic heterocycles. The number of carbonyl (C=O) groups is 1. The molecule has 0 aromatic carbocycles. The molecule has 1 amide bonds. The number of sulfonamides is 1. The Morgan fingerprint density at radius 1 is 1.32 bits per heavy atom. The summed E-state index contributed by atoms with van der Waals surface area (Å²) in [5.41, 5.74) is 0. The third kappa shape index (κ3) is 4.31. The Hall–Kier alpha value is -1.64. The number of hydrogen-bond donors (Lipinski definition) is 1. The molecule has 1 fully saturated rings. The van der Waals surface area contributed by atoms with Crippen molar-refractivity contribution in [3.05, 3.63) is 40.8 Å². The van der Waals surface area contributed by atoms with Gasteiger partial charge in [-0.15, -0.1) is 11.3 Å². The van der Waals surface area contributed by atoms with Crippen molar-refractivity contribution >= 4 is 27.3 Å². The molecular weight excluding hydrogens is 358 g/mol. The molecule has 3 rings (SSSR count). The molecule has 0 radical (unpaired) electrons. The van der Waals surface area contributed by atoms with Crippen LogP contribution < -0.4 is 5.32 Å². The first-order valence-electron chi connectivity index (χ1n) is 8.39. The third-order valence-corrected chi connectivity index (χ3v) is 7.34. The van der Waals surface area contributed by atoms with E-state index in [0.29, 0.717) is 37.4 Å². The highest BCUT2D eigenvalue weighted by Crippen LogP contribution is 2.24. The largest absolute Gasteiger partial charge is 0.356 e. The SMILES string of the molecule is Cn1ccc(S(=O)(=O)N2CCC(C(=O)NCCc3cccs3)CC2)c1. The van der Waals surface area contributed by atoms with Crippen LogP contribution in [0.15, 0.2) is 40.9 Å². The maximum Gasteiger partial charge on any atom is 0.244 e. The summed E-state index contributed by atoms with van der Waals surface area (Å²) in [5.74, 6) is -0.0705. The van der Waals surface area contributed by atoms with E-state index < -0.39 is 10.0 Å². The minimum Gasteiger partial charge on any atom is -0.356 e. The van der Waals surface area contributed by atoms with Gasteiger partial charge in [0.2, 0.25) is 15.9 Å². The van der Waals surface area contributed by atoms with Gasteiger partial charge in [-0.25, -0.2) is 8.42 Å². The van der Waals surface area contributed by atoms with Gasteiger partial charge in [-0.1, -0.05) is 6.07 Å². The van der Waals surface area contributed by atoms with Crippen LogP contribution in [0.4, 0.5) is 0 Å². The Balaban J connectivity index is 1.48. The molecule has 0 aliphatic carbocycles. The molecule has 0 bridgehead atoms. The number of carbonyl (C=O) groups excluding carboxylic acids is 1. The minimum atomic E-state index is -3.45. The van der Waals surface area contributed by atoms with Crippen molar-refractivity contribution < 1.29 is 13.2 Å². The molecule has 1 saturated heterocycles. The van der Waals surface area contributed by atoms with E-state index in [-0.39, 0.29) is 11.8 Å². The number of amides is 1. The number of aryl methyl sites for hydroxylation is 1. The number of nitrogens with one attached hydrogen (secondary N) is 1. The van der Waals surface area contributed by atoms with Crippen molar-refractivity contribution in [2.24, 2.45) is 13.0 Å². The topological polar surface area (TPSA) is 71.4 Å². The maximum atomic E-state index is 12.6. The lowest BCUT2D eigenvalue weighted by molar-refractivity contribution is -0.126. The smallest absolute Gasteiger partial charge is 0.244 e. The fraction of sp³-hybridized carbons (Fsp3) is 0.471. The van der Waals surface area contributed by atoms with E-state index in [4.69, 9.17) is 0 Å². The summed E-state index contributed by atoms with van der Waals surface area (Å²) in [6.07, 6.45) is 5.30. The van der Waals surface area contributed by atoms with E-state index >= 15 is 0 Å². The molecule has 0 atom stereocenters. The molecule has 136 valence electrons. The fourth-order valence-electron chi connectivity index (χ4n) is 3.05. The lowest BCUT2D eigenvalue weighted by Gasteiger charge is -2.30. The van der Waals surface area contributed by atoms with Gasteiger partial charge in [-0.3, -0.25) is 4.79 Å². The predicted octanol–water partition coefficient (Wildman–Crippen LogP) is 1.85. The Labute approximate surface area is 152 Å². The number of hydrogen-bond acceptors (Lipinski definition) is 4. The zero-order valence-electron chi connectivity index (χ0n) is 14.2. The van der Waals surface area contributed by atoms with Crippen LogP contribution >= 0.6 is 11.3 Å². The van der Waals surface area contributed by atoms with E-state index in [0.717, 1.165) is 6.42 Å². The standard InChI is InChI=1S/C17H23N3O3S2/c1-19-9-7-16(13-19)25(22,23)20-10-5-14(6-11-20)17(21)18-8-4-15-3-2-12-24-15/h2-3,7,9,12-14H,4-6,8,10-11H2,1H3,(H,18,21). The molecule has 6 nitrogen and oxygen atoms in total. The number of aromatic nitrogens is 1. The molecule has 25 heavy (non-hydrogen) atoms. The molecule has 1 aliphatic heterocycles. The Kier molecular flexibility index (Phi) is 5.61. The van der Waals surface area contributed by atoms with Crippen molar-refractivity contribution in [3.63, 3.8) is 0 Å². The lowest BCUT2D eigenvalue weighted by Crippen LogP contribution is -2.43. The summed E-state index contributed by atoms with van der Waals surface area (Å²) >= 11 is 1.69. The average Bonchev–Trinajstić information content (AvgIpc) is 3.27. The molecule has 8 heteroatoms. The Morgan fingerprint density at radius 2 is 2.08 bits per heavy atom. The van der Waals surface area contributed by atoms with Crippen molar-refractivity contribution in [2.75, 3.05) is 19.6 Å². The highest BCUT2D eigenvalue weighted by molar-refractivity contribution is 7.89. The molecule has 2 aromatic rings. The fourth-order valence-corrected chi connectivity index (χ4v) is 5.28. The number of nitrogens with zero attached hydrogens (tertiary/aromatic N) is 2. The van der Waals surface area contributed by atoms with Crippen LogP contribution in [0.1, 0.15) is 17.7 Å². The Morgan fingerprint density at radius 3 is 2.68 bits per heavy atom. The number of thiophene rings is 1. The van der Waals surface area contributed by atoms with Gasteiger partial charge in [-0.05, 0) is 36.8 Å². The van der Waals surface area contributed by atoms with Crippen LogP contribution in [0.2, 0.25) is 0 Å². The van der Waals surface area contributed by atoms with Crippen LogP contribution in [0.3, 0.4) is 0 Å². The summed E-state index contributed by atoms with van der Waals surface area (Å²) in [5, 5.41) is 5.00. The molecule has 0 unspecified atom stereocenters. The van der Waals surface area contributed by atoms with Crippen molar-refractivity contribution in [2.45, 2.75) is 24.2 Å². The van der Waals surface area contributed by atoms with E-state index in [2.05, 4.69) is 11.4 Å². The first kappa shape index (κ1) is 18.2. The maximum absolute atomic E-state index is 12.6. The van der Waals surface area contributed by atoms with Crippen LogP contribution in [0.25, 0.3) is 0 Å². The highest BCUT2D eigenvalue weighted by Gasteiger charge is 2.32. The molecule has 0 saturated carbocycles. The van der Waals surface area contributed by atoms with Gasteiger partial charge >= 0.3 is 0 Å². The summed E-state index contributed by atoms with van der Waals surface area (Å²) in [6, 6.07) is 5.67. The van der Waals surface area contributed by atoms with Gasteiger partial charge in [0.15, 0.2) is 0 Å². The summed E-state index contributed by atoms with van der Waals surface area (Å²) in [7, 11) is -1.66.